The van der Waals surface area contributed by atoms with Crippen LogP contribution < -0.4 is 0 Å². The normalized spacial score (nSPS) is 11.7. The molecule has 0 nitrogen and oxygen atoms in total. The lowest BCUT2D eigenvalue weighted by molar-refractivity contribution is 1.68. The number of benzene rings is 7. The summed E-state index contributed by atoms with van der Waals surface area (Å²) in [6.07, 6.45) is 0. The van der Waals surface area contributed by atoms with E-state index in [1.54, 1.807) is 0 Å². The first-order chi connectivity index (χ1) is 18.8. The maximum atomic E-state index is 2.39. The molecule has 8 aromatic carbocycles. The van der Waals surface area contributed by atoms with E-state index in [2.05, 4.69) is 146 Å². The molecule has 0 atom stereocenters. The van der Waals surface area contributed by atoms with Crippen LogP contribution in [0.15, 0.2) is 146 Å². The van der Waals surface area contributed by atoms with E-state index in [0.717, 1.165) is 0 Å². The Labute approximate surface area is 221 Å². The fourth-order valence-electron chi connectivity index (χ4n) is 6.17. The zero-order valence-corrected chi connectivity index (χ0v) is 20.9. The predicted molar refractivity (Wildman–Crippen MR) is 166 cm³/mol. The van der Waals surface area contributed by atoms with Crippen molar-refractivity contribution in [3.05, 3.63) is 146 Å². The monoisotopic (exact) mass is 480 g/mol. The van der Waals surface area contributed by atoms with E-state index in [4.69, 9.17) is 0 Å². The van der Waals surface area contributed by atoms with Crippen LogP contribution in [0.3, 0.4) is 0 Å². The highest BCUT2D eigenvalue weighted by Crippen LogP contribution is 2.39. The van der Waals surface area contributed by atoms with Crippen molar-refractivity contribution in [3.8, 4) is 11.1 Å². The zero-order chi connectivity index (χ0) is 25.1. The molecule has 0 aliphatic carbocycles. The smallest absolute Gasteiger partial charge is 0.00264 e. The minimum atomic E-state index is 1.23. The molecular formula is C38H24. The van der Waals surface area contributed by atoms with Crippen LogP contribution in [0, 0.1) is 0 Å². The Bertz CT molecular complexity index is 2090. The van der Waals surface area contributed by atoms with Crippen LogP contribution in [-0.2, 0) is 0 Å². The first-order valence-electron chi connectivity index (χ1n) is 13.2. The minimum Gasteiger partial charge on any atom is -0.0622 e. The summed E-state index contributed by atoms with van der Waals surface area (Å²) < 4.78 is 0. The molecule has 0 fully saturated rings. The minimum absolute atomic E-state index is 1.23. The lowest BCUT2D eigenvalue weighted by atomic mass is 9.90. The van der Waals surface area contributed by atoms with E-state index in [-0.39, 0.29) is 0 Å². The van der Waals surface area contributed by atoms with Crippen LogP contribution in [0.1, 0.15) is 0 Å². The molecule has 0 unspecified atom stereocenters. The highest BCUT2D eigenvalue weighted by atomic mass is 14.1. The third kappa shape index (κ3) is 3.24. The highest BCUT2D eigenvalue weighted by Gasteiger charge is 2.12. The number of hydrogen-bond acceptors (Lipinski definition) is 0. The Morgan fingerprint density at radius 1 is 0.237 bits per heavy atom. The second-order valence-corrected chi connectivity index (χ2v) is 10.2. The third-order valence-corrected chi connectivity index (χ3v) is 8.00. The molecule has 8 aromatic rings. The summed E-state index contributed by atoms with van der Waals surface area (Å²) in [5.41, 5.74) is 2.54. The zero-order valence-electron chi connectivity index (χ0n) is 20.9. The number of hydrogen-bond donors (Lipinski definition) is 0. The van der Waals surface area contributed by atoms with Gasteiger partial charge in [0.15, 0.2) is 0 Å². The second-order valence-electron chi connectivity index (χ2n) is 10.2. The molecule has 0 aliphatic heterocycles. The third-order valence-electron chi connectivity index (χ3n) is 8.00. The van der Waals surface area contributed by atoms with Crippen molar-refractivity contribution >= 4 is 64.6 Å². The molecule has 0 spiro atoms. The van der Waals surface area contributed by atoms with E-state index in [9.17, 15) is 0 Å². The standard InChI is InChI=1S/C38H24/c1-2-8-29(9-3-1)38-32-16-6-12-27-20-18-25-10-4-14-30-22-31-15-5-11-26(35(31)23-34(25)30)19-21-28-13-7-17-33(38)37(28)24-36(27)32/h1-24H. The molecule has 0 aromatic heterocycles. The predicted octanol–water partition coefficient (Wildman–Crippen LogP) is 10.8. The summed E-state index contributed by atoms with van der Waals surface area (Å²) >= 11 is 0. The lowest BCUT2D eigenvalue weighted by Gasteiger charge is -2.14. The fraction of sp³-hybridized carbons (Fsp3) is 0. The fourth-order valence-corrected chi connectivity index (χ4v) is 6.17. The molecule has 0 aliphatic rings. The molecular weight excluding hydrogens is 456 g/mol. The van der Waals surface area contributed by atoms with Gasteiger partial charge in [0, 0.05) is 0 Å². The molecule has 0 saturated carbocycles. The van der Waals surface area contributed by atoms with Gasteiger partial charge >= 0.3 is 0 Å². The lowest BCUT2D eigenvalue weighted by Crippen LogP contribution is -1.86. The van der Waals surface area contributed by atoms with Gasteiger partial charge in [-0.1, -0.05) is 127 Å². The summed E-state index contributed by atoms with van der Waals surface area (Å²) in [4.78, 5) is 0. The van der Waals surface area contributed by atoms with Crippen molar-refractivity contribution in [2.24, 2.45) is 0 Å². The Balaban J connectivity index is 1.65. The van der Waals surface area contributed by atoms with Gasteiger partial charge in [0.2, 0.25) is 0 Å². The van der Waals surface area contributed by atoms with E-state index in [1.165, 1.54) is 75.8 Å². The van der Waals surface area contributed by atoms with Crippen LogP contribution in [0.2, 0.25) is 0 Å². The topological polar surface area (TPSA) is 0 Å². The van der Waals surface area contributed by atoms with Crippen molar-refractivity contribution < 1.29 is 0 Å². The molecule has 0 heterocycles. The van der Waals surface area contributed by atoms with Crippen molar-refractivity contribution in [3.63, 3.8) is 0 Å². The maximum Gasteiger partial charge on any atom is -0.00264 e. The molecule has 0 radical (unpaired) electrons. The maximum absolute atomic E-state index is 2.39. The van der Waals surface area contributed by atoms with E-state index in [1.807, 2.05) is 0 Å². The van der Waals surface area contributed by atoms with E-state index < -0.39 is 0 Å². The van der Waals surface area contributed by atoms with Crippen molar-refractivity contribution in [1.82, 2.24) is 0 Å². The summed E-state index contributed by atoms with van der Waals surface area (Å²) in [7, 11) is 0. The van der Waals surface area contributed by atoms with Gasteiger partial charge in [-0.15, -0.1) is 0 Å². The quantitative estimate of drug-likeness (QED) is 0.205. The Hall–Kier alpha value is -4.94. The van der Waals surface area contributed by atoms with Gasteiger partial charge in [-0.2, -0.15) is 0 Å². The Kier molecular flexibility index (Phi) is 4.62. The number of rotatable bonds is 1. The van der Waals surface area contributed by atoms with Crippen molar-refractivity contribution in [2.45, 2.75) is 0 Å². The van der Waals surface area contributed by atoms with Gasteiger partial charge in [0.1, 0.15) is 0 Å². The average molecular weight is 481 g/mol. The van der Waals surface area contributed by atoms with Crippen LogP contribution in [0.4, 0.5) is 0 Å². The van der Waals surface area contributed by atoms with Gasteiger partial charge in [0.05, 0.1) is 0 Å². The molecule has 0 saturated heterocycles. The SMILES string of the molecule is c1ccc(-c2c3cccc4ccc5cccc6cc7cccc(ccc8cccc2c8cc43)c7cc56)cc1. The van der Waals surface area contributed by atoms with Crippen LogP contribution in [-0.4, -0.2) is 0 Å². The Morgan fingerprint density at radius 2 is 0.658 bits per heavy atom. The van der Waals surface area contributed by atoms with Gasteiger partial charge in [-0.3, -0.25) is 0 Å². The van der Waals surface area contributed by atoms with Gasteiger partial charge in [-0.05, 0) is 94.0 Å². The molecule has 0 heteroatoms. The van der Waals surface area contributed by atoms with Crippen LogP contribution in [0.25, 0.3) is 75.8 Å². The molecule has 8 rings (SSSR count). The average Bonchev–Trinajstić information content (AvgIpc) is 2.97. The second kappa shape index (κ2) is 8.30. The summed E-state index contributed by atoms with van der Waals surface area (Å²) in [5, 5.41) is 15.1. The molecule has 38 heavy (non-hydrogen) atoms. The van der Waals surface area contributed by atoms with Crippen LogP contribution >= 0.6 is 0 Å². The van der Waals surface area contributed by atoms with Crippen LogP contribution in [0.5, 0.6) is 0 Å². The molecule has 0 amide bonds. The summed E-state index contributed by atoms with van der Waals surface area (Å²) in [6, 6.07) is 53.6. The Morgan fingerprint density at radius 3 is 1.18 bits per heavy atom. The van der Waals surface area contributed by atoms with Gasteiger partial charge in [-0.25, -0.2) is 0 Å². The van der Waals surface area contributed by atoms with Crippen molar-refractivity contribution in [1.29, 1.82) is 0 Å². The van der Waals surface area contributed by atoms with Crippen molar-refractivity contribution in [2.75, 3.05) is 0 Å². The first kappa shape index (κ1) is 21.2. The molecule has 176 valence electrons. The highest BCUT2D eigenvalue weighted by molar-refractivity contribution is 6.20. The largest absolute Gasteiger partial charge is 0.0622 e. The van der Waals surface area contributed by atoms with E-state index >= 15 is 0 Å². The first-order valence-corrected chi connectivity index (χ1v) is 13.2. The summed E-state index contributed by atoms with van der Waals surface area (Å²) in [5.74, 6) is 0. The van der Waals surface area contributed by atoms with Gasteiger partial charge < -0.3 is 0 Å². The molecule has 0 N–H and O–H groups in total. The van der Waals surface area contributed by atoms with E-state index in [0.29, 0.717) is 0 Å². The summed E-state index contributed by atoms with van der Waals surface area (Å²) in [6.45, 7) is 0. The molecule has 4 bridgehead atoms. The van der Waals surface area contributed by atoms with Gasteiger partial charge in [0.25, 0.3) is 0 Å².